The zero-order valence-corrected chi connectivity index (χ0v) is 14.5. The lowest BCUT2D eigenvalue weighted by atomic mass is 10.0. The van der Waals surface area contributed by atoms with Crippen LogP contribution in [0.3, 0.4) is 0 Å². The molecule has 0 saturated carbocycles. The minimum Gasteiger partial charge on any atom is -0.326 e. The second-order valence-corrected chi connectivity index (χ2v) is 6.03. The Balaban J connectivity index is 1.72. The van der Waals surface area contributed by atoms with Crippen molar-refractivity contribution in [2.75, 3.05) is 5.32 Å². The third-order valence-corrected chi connectivity index (χ3v) is 3.64. The van der Waals surface area contributed by atoms with E-state index in [1.807, 2.05) is 42.5 Å². The summed E-state index contributed by atoms with van der Waals surface area (Å²) in [6.07, 6.45) is 1.79. The minimum atomic E-state index is -0.293. The Labute approximate surface area is 148 Å². The van der Waals surface area contributed by atoms with Crippen molar-refractivity contribution in [2.24, 2.45) is 5.10 Å². The van der Waals surface area contributed by atoms with Crippen LogP contribution < -0.4 is 10.7 Å². The van der Waals surface area contributed by atoms with Gasteiger partial charge in [0.1, 0.15) is 0 Å². The standard InChI is InChI=1S/C20H23N3O2/c1-15(2)17-10-8-16(9-11-17)14-21-23-20(25)13-12-19(24)22-18-6-4-3-5-7-18/h3-11,14-15H,12-13H2,1-2H3,(H,22,24)(H,23,25)/b21-14-. The molecule has 0 fully saturated rings. The lowest BCUT2D eigenvalue weighted by Gasteiger charge is -2.05. The summed E-state index contributed by atoms with van der Waals surface area (Å²) in [5.41, 5.74) is 5.32. The quantitative estimate of drug-likeness (QED) is 0.598. The number of nitrogens with one attached hydrogen (secondary N) is 2. The molecule has 2 rings (SSSR count). The Bertz CT molecular complexity index is 722. The molecule has 2 amide bonds. The van der Waals surface area contributed by atoms with Crippen LogP contribution in [0, 0.1) is 0 Å². The van der Waals surface area contributed by atoms with E-state index < -0.39 is 0 Å². The van der Waals surface area contributed by atoms with E-state index in [1.165, 1.54) is 5.56 Å². The zero-order valence-electron chi connectivity index (χ0n) is 14.5. The fourth-order valence-electron chi connectivity index (χ4n) is 2.17. The van der Waals surface area contributed by atoms with Gasteiger partial charge in [-0.15, -0.1) is 0 Å². The van der Waals surface area contributed by atoms with Gasteiger partial charge in [-0.05, 0) is 29.2 Å². The number of hydrogen-bond donors (Lipinski definition) is 2. The molecule has 0 saturated heterocycles. The number of amides is 2. The lowest BCUT2D eigenvalue weighted by Crippen LogP contribution is -2.20. The molecule has 0 aliphatic rings. The molecule has 130 valence electrons. The average molecular weight is 337 g/mol. The number of para-hydroxylation sites is 1. The monoisotopic (exact) mass is 337 g/mol. The Hall–Kier alpha value is -2.95. The summed E-state index contributed by atoms with van der Waals surface area (Å²) in [4.78, 5) is 23.5. The molecule has 0 unspecified atom stereocenters. The molecule has 0 bridgehead atoms. The zero-order chi connectivity index (χ0) is 18.1. The van der Waals surface area contributed by atoms with Crippen molar-refractivity contribution in [2.45, 2.75) is 32.6 Å². The van der Waals surface area contributed by atoms with Crippen LogP contribution in [-0.4, -0.2) is 18.0 Å². The van der Waals surface area contributed by atoms with Crippen LogP contribution in [-0.2, 0) is 9.59 Å². The SMILES string of the molecule is CC(C)c1ccc(/C=N\NC(=O)CCC(=O)Nc2ccccc2)cc1. The highest BCUT2D eigenvalue weighted by atomic mass is 16.2. The second kappa shape index (κ2) is 9.37. The molecule has 5 nitrogen and oxygen atoms in total. The molecule has 2 N–H and O–H groups in total. The smallest absolute Gasteiger partial charge is 0.240 e. The molecule has 0 heterocycles. The first-order valence-electron chi connectivity index (χ1n) is 8.31. The van der Waals surface area contributed by atoms with E-state index in [-0.39, 0.29) is 24.7 Å². The Kier molecular flexibility index (Phi) is 6.89. The first-order valence-corrected chi connectivity index (χ1v) is 8.31. The van der Waals surface area contributed by atoms with E-state index in [4.69, 9.17) is 0 Å². The van der Waals surface area contributed by atoms with Gasteiger partial charge in [-0.2, -0.15) is 5.10 Å². The van der Waals surface area contributed by atoms with Crippen LogP contribution in [0.25, 0.3) is 0 Å². The molecular formula is C20H23N3O2. The molecular weight excluding hydrogens is 314 g/mol. The maximum atomic E-state index is 11.8. The van der Waals surface area contributed by atoms with Gasteiger partial charge in [0, 0.05) is 18.5 Å². The number of benzene rings is 2. The Morgan fingerprint density at radius 3 is 2.24 bits per heavy atom. The summed E-state index contributed by atoms with van der Waals surface area (Å²) in [6, 6.07) is 17.1. The highest BCUT2D eigenvalue weighted by molar-refractivity contribution is 5.93. The Morgan fingerprint density at radius 1 is 0.960 bits per heavy atom. The minimum absolute atomic E-state index is 0.0856. The van der Waals surface area contributed by atoms with Crippen molar-refractivity contribution in [1.29, 1.82) is 0 Å². The van der Waals surface area contributed by atoms with E-state index >= 15 is 0 Å². The number of rotatable bonds is 7. The predicted octanol–water partition coefficient (Wildman–Crippen LogP) is 3.68. The van der Waals surface area contributed by atoms with Gasteiger partial charge < -0.3 is 5.32 Å². The molecule has 0 radical (unpaired) electrons. The Morgan fingerprint density at radius 2 is 1.60 bits per heavy atom. The largest absolute Gasteiger partial charge is 0.326 e. The summed E-state index contributed by atoms with van der Waals surface area (Å²) < 4.78 is 0. The summed E-state index contributed by atoms with van der Waals surface area (Å²) >= 11 is 0. The van der Waals surface area contributed by atoms with Crippen molar-refractivity contribution in [1.82, 2.24) is 5.43 Å². The van der Waals surface area contributed by atoms with Gasteiger partial charge >= 0.3 is 0 Å². The number of nitrogens with zero attached hydrogens (tertiary/aromatic N) is 1. The molecule has 2 aromatic rings. The first kappa shape index (κ1) is 18.4. The van der Waals surface area contributed by atoms with Gasteiger partial charge in [0.2, 0.25) is 11.8 Å². The van der Waals surface area contributed by atoms with Gasteiger partial charge in [-0.25, -0.2) is 5.43 Å². The van der Waals surface area contributed by atoms with E-state index in [2.05, 4.69) is 29.7 Å². The fourth-order valence-corrected chi connectivity index (χ4v) is 2.17. The number of carbonyl (C=O) groups excluding carboxylic acids is 2. The van der Waals surface area contributed by atoms with E-state index in [0.717, 1.165) is 11.3 Å². The summed E-state index contributed by atoms with van der Waals surface area (Å²) in [7, 11) is 0. The summed E-state index contributed by atoms with van der Waals surface area (Å²) in [6.45, 7) is 4.27. The number of hydrogen-bond acceptors (Lipinski definition) is 3. The predicted molar refractivity (Wildman–Crippen MR) is 101 cm³/mol. The van der Waals surface area contributed by atoms with Crippen molar-refractivity contribution < 1.29 is 9.59 Å². The van der Waals surface area contributed by atoms with Crippen molar-refractivity contribution in [3.63, 3.8) is 0 Å². The van der Waals surface area contributed by atoms with Crippen LogP contribution in [0.1, 0.15) is 43.7 Å². The molecule has 0 aromatic heterocycles. The van der Waals surface area contributed by atoms with Crippen LogP contribution in [0.5, 0.6) is 0 Å². The third-order valence-electron chi connectivity index (χ3n) is 3.64. The molecule has 0 atom stereocenters. The van der Waals surface area contributed by atoms with Gasteiger partial charge in [-0.1, -0.05) is 56.3 Å². The maximum Gasteiger partial charge on any atom is 0.240 e. The first-order chi connectivity index (χ1) is 12.0. The number of hydrazone groups is 1. The molecule has 5 heteroatoms. The van der Waals surface area contributed by atoms with Gasteiger partial charge in [0.15, 0.2) is 0 Å². The second-order valence-electron chi connectivity index (χ2n) is 6.03. The van der Waals surface area contributed by atoms with Crippen LogP contribution in [0.4, 0.5) is 5.69 Å². The highest BCUT2D eigenvalue weighted by Crippen LogP contribution is 2.13. The van der Waals surface area contributed by atoms with Crippen molar-refractivity contribution in [3.05, 3.63) is 65.7 Å². The van der Waals surface area contributed by atoms with Gasteiger partial charge in [0.05, 0.1) is 6.21 Å². The van der Waals surface area contributed by atoms with Gasteiger partial charge in [-0.3, -0.25) is 9.59 Å². The summed E-state index contributed by atoms with van der Waals surface area (Å²) in [5, 5.41) is 6.66. The van der Waals surface area contributed by atoms with Crippen LogP contribution >= 0.6 is 0 Å². The molecule has 2 aromatic carbocycles. The van der Waals surface area contributed by atoms with E-state index in [9.17, 15) is 9.59 Å². The molecule has 0 aliphatic carbocycles. The molecule has 0 spiro atoms. The van der Waals surface area contributed by atoms with Crippen molar-refractivity contribution >= 4 is 23.7 Å². The molecule has 25 heavy (non-hydrogen) atoms. The average Bonchev–Trinajstić information content (AvgIpc) is 2.61. The molecule has 0 aliphatic heterocycles. The third kappa shape index (κ3) is 6.59. The van der Waals surface area contributed by atoms with Gasteiger partial charge in [0.25, 0.3) is 0 Å². The van der Waals surface area contributed by atoms with E-state index in [1.54, 1.807) is 18.3 Å². The van der Waals surface area contributed by atoms with Crippen molar-refractivity contribution in [3.8, 4) is 0 Å². The fraction of sp³-hybridized carbons (Fsp3) is 0.250. The normalized spacial score (nSPS) is 10.8. The van der Waals surface area contributed by atoms with Crippen LogP contribution in [0.2, 0.25) is 0 Å². The summed E-state index contributed by atoms with van der Waals surface area (Å²) in [5.74, 6) is -0.0133. The highest BCUT2D eigenvalue weighted by Gasteiger charge is 2.06. The number of carbonyl (C=O) groups is 2. The van der Waals surface area contributed by atoms with E-state index in [0.29, 0.717) is 5.92 Å². The maximum absolute atomic E-state index is 11.8. The van der Waals surface area contributed by atoms with Crippen LogP contribution in [0.15, 0.2) is 59.7 Å². The lowest BCUT2D eigenvalue weighted by molar-refractivity contribution is -0.124. The number of anilines is 1. The topological polar surface area (TPSA) is 70.6 Å².